The van der Waals surface area contributed by atoms with Gasteiger partial charge in [-0.2, -0.15) is 4.98 Å². The lowest BCUT2D eigenvalue weighted by Gasteiger charge is -2.31. The summed E-state index contributed by atoms with van der Waals surface area (Å²) in [4.78, 5) is 24.4. The highest BCUT2D eigenvalue weighted by Gasteiger charge is 2.24. The number of likely N-dealkylation sites (tertiary alicyclic amines) is 1. The zero-order valence-corrected chi connectivity index (χ0v) is 14.6. The Bertz CT molecular complexity index is 785. The van der Waals surface area contributed by atoms with E-state index in [0.717, 1.165) is 42.7 Å². The number of fused-ring (bicyclic) bond motifs is 1. The summed E-state index contributed by atoms with van der Waals surface area (Å²) in [5.41, 5.74) is 6.22. The van der Waals surface area contributed by atoms with E-state index in [1.54, 1.807) is 11.1 Å². The van der Waals surface area contributed by atoms with Gasteiger partial charge in [0.1, 0.15) is 11.9 Å². The number of piperidine rings is 1. The predicted octanol–water partition coefficient (Wildman–Crippen LogP) is 1.39. The summed E-state index contributed by atoms with van der Waals surface area (Å²) in [6.45, 7) is 4.23. The zero-order chi connectivity index (χ0) is 17.9. The van der Waals surface area contributed by atoms with Crippen LogP contribution in [-0.4, -0.2) is 66.4 Å². The van der Waals surface area contributed by atoms with Crippen LogP contribution in [0.5, 0.6) is 5.88 Å². The topological polar surface area (TPSA) is 93.8 Å². The Hall–Kier alpha value is -2.61. The fourth-order valence-corrected chi connectivity index (χ4v) is 3.43. The average molecular weight is 357 g/mol. The van der Waals surface area contributed by atoms with Crippen LogP contribution in [0.2, 0.25) is 0 Å². The molecule has 0 aliphatic carbocycles. The largest absolute Gasteiger partial charge is 0.474 e. The van der Waals surface area contributed by atoms with E-state index in [1.807, 2.05) is 18.2 Å². The molecule has 2 aromatic rings. The summed E-state index contributed by atoms with van der Waals surface area (Å²) >= 11 is 0. The van der Waals surface area contributed by atoms with Crippen LogP contribution in [0, 0.1) is 0 Å². The maximum Gasteiger partial charge on any atom is 0.314 e. The molecule has 2 aromatic heterocycles. The van der Waals surface area contributed by atoms with E-state index in [-0.39, 0.29) is 12.1 Å². The molecule has 0 spiro atoms. The fourth-order valence-electron chi connectivity index (χ4n) is 3.43. The number of amides is 2. The lowest BCUT2D eigenvalue weighted by atomic mass is 10.1. The zero-order valence-electron chi connectivity index (χ0n) is 14.6. The number of hydrogen-bond donors (Lipinski definition) is 1. The van der Waals surface area contributed by atoms with E-state index in [1.165, 1.54) is 0 Å². The van der Waals surface area contributed by atoms with Gasteiger partial charge in [-0.15, -0.1) is 0 Å². The average Bonchev–Trinajstić information content (AvgIpc) is 2.69. The molecule has 0 aromatic carbocycles. The Morgan fingerprint density at radius 2 is 2.00 bits per heavy atom. The van der Waals surface area contributed by atoms with Gasteiger partial charge in [0.05, 0.1) is 24.1 Å². The normalized spacial score (nSPS) is 18.9. The number of pyridine rings is 2. The van der Waals surface area contributed by atoms with E-state index in [2.05, 4.69) is 9.88 Å². The summed E-state index contributed by atoms with van der Waals surface area (Å²) < 4.78 is 11.7. The fraction of sp³-hybridized carbons (Fsp3) is 0.500. The van der Waals surface area contributed by atoms with Crippen molar-refractivity contribution in [2.75, 3.05) is 44.3 Å². The second kappa shape index (κ2) is 7.33. The highest BCUT2D eigenvalue weighted by Crippen LogP contribution is 2.29. The minimum atomic E-state index is -0.370. The van der Waals surface area contributed by atoms with Crippen molar-refractivity contribution in [1.29, 1.82) is 0 Å². The summed E-state index contributed by atoms with van der Waals surface area (Å²) in [5.74, 6) is 1.47. The maximum atomic E-state index is 11.3. The van der Waals surface area contributed by atoms with Crippen molar-refractivity contribution in [1.82, 2.24) is 14.9 Å². The minimum absolute atomic E-state index is 0.0152. The van der Waals surface area contributed by atoms with E-state index >= 15 is 0 Å². The molecule has 4 rings (SSSR count). The lowest BCUT2D eigenvalue weighted by molar-refractivity contribution is 0.111. The van der Waals surface area contributed by atoms with Crippen molar-refractivity contribution in [3.63, 3.8) is 0 Å². The highest BCUT2D eigenvalue weighted by atomic mass is 16.5. The number of hydrogen-bond acceptors (Lipinski definition) is 6. The molecule has 0 bridgehead atoms. The molecular formula is C18H23N5O3. The Morgan fingerprint density at radius 3 is 2.73 bits per heavy atom. The molecule has 0 saturated carbocycles. The van der Waals surface area contributed by atoms with Crippen LogP contribution >= 0.6 is 0 Å². The molecule has 0 radical (unpaired) electrons. The first kappa shape index (κ1) is 16.8. The molecule has 8 nitrogen and oxygen atoms in total. The molecule has 2 aliphatic rings. The van der Waals surface area contributed by atoms with Gasteiger partial charge in [0.25, 0.3) is 0 Å². The first-order valence-corrected chi connectivity index (χ1v) is 9.00. The number of anilines is 1. The predicted molar refractivity (Wildman–Crippen MR) is 97.4 cm³/mol. The van der Waals surface area contributed by atoms with E-state index in [0.29, 0.717) is 32.2 Å². The van der Waals surface area contributed by atoms with Crippen molar-refractivity contribution >= 4 is 22.8 Å². The highest BCUT2D eigenvalue weighted by molar-refractivity contribution is 5.85. The SMILES string of the molecule is NC(=O)N1CCC(Oc2nc(N3CCOCC3)cc3ncccc23)CC1. The third kappa shape index (κ3) is 3.50. The van der Waals surface area contributed by atoms with E-state index in [9.17, 15) is 4.79 Å². The van der Waals surface area contributed by atoms with Crippen LogP contribution in [0.15, 0.2) is 24.4 Å². The standard InChI is InChI=1S/C18H23N5O3/c19-18(24)23-6-3-13(4-7-23)26-17-14-2-1-5-20-15(14)12-16(21-17)22-8-10-25-11-9-22/h1-2,5,12-13H,3-4,6-11H2,(H2,19,24). The monoisotopic (exact) mass is 357 g/mol. The van der Waals surface area contributed by atoms with Crippen LogP contribution in [-0.2, 0) is 4.74 Å². The van der Waals surface area contributed by atoms with Gasteiger partial charge < -0.3 is 25.0 Å². The van der Waals surface area contributed by atoms with Crippen LogP contribution in [0.3, 0.4) is 0 Å². The van der Waals surface area contributed by atoms with E-state index in [4.69, 9.17) is 20.2 Å². The summed E-state index contributed by atoms with van der Waals surface area (Å²) in [6.07, 6.45) is 3.28. The number of carbonyl (C=O) groups excluding carboxylic acids is 1. The number of primary amides is 1. The number of rotatable bonds is 3. The van der Waals surface area contributed by atoms with Crippen molar-refractivity contribution in [3.8, 4) is 5.88 Å². The number of aromatic nitrogens is 2. The number of nitrogens with two attached hydrogens (primary N) is 1. The van der Waals surface area contributed by atoms with Crippen molar-refractivity contribution in [2.24, 2.45) is 5.73 Å². The van der Waals surface area contributed by atoms with Gasteiger partial charge in [0.2, 0.25) is 5.88 Å². The second-order valence-electron chi connectivity index (χ2n) is 6.60. The molecule has 8 heteroatoms. The number of urea groups is 1. The number of carbonyl (C=O) groups is 1. The first-order chi connectivity index (χ1) is 12.7. The molecular weight excluding hydrogens is 334 g/mol. The Morgan fingerprint density at radius 1 is 1.23 bits per heavy atom. The van der Waals surface area contributed by atoms with Gasteiger partial charge in [0.15, 0.2) is 0 Å². The van der Waals surface area contributed by atoms with Crippen molar-refractivity contribution in [3.05, 3.63) is 24.4 Å². The third-order valence-electron chi connectivity index (χ3n) is 4.92. The Balaban J connectivity index is 1.58. The van der Waals surface area contributed by atoms with Crippen LogP contribution in [0.1, 0.15) is 12.8 Å². The molecule has 4 heterocycles. The third-order valence-corrected chi connectivity index (χ3v) is 4.92. The smallest absolute Gasteiger partial charge is 0.314 e. The molecule has 2 N–H and O–H groups in total. The molecule has 2 amide bonds. The molecule has 138 valence electrons. The molecule has 2 aliphatic heterocycles. The van der Waals surface area contributed by atoms with Gasteiger partial charge in [-0.1, -0.05) is 0 Å². The molecule has 0 atom stereocenters. The van der Waals surface area contributed by atoms with Crippen molar-refractivity contribution < 1.29 is 14.3 Å². The number of morpholine rings is 1. The van der Waals surface area contributed by atoms with Gasteiger partial charge in [-0.3, -0.25) is 4.98 Å². The van der Waals surface area contributed by atoms with Gasteiger partial charge >= 0.3 is 6.03 Å². The maximum absolute atomic E-state index is 11.3. The van der Waals surface area contributed by atoms with Gasteiger partial charge in [-0.25, -0.2) is 4.79 Å². The number of nitrogens with zero attached hydrogens (tertiary/aromatic N) is 4. The Labute approximate surface area is 151 Å². The van der Waals surface area contributed by atoms with Gasteiger partial charge in [-0.05, 0) is 12.1 Å². The van der Waals surface area contributed by atoms with Gasteiger partial charge in [0, 0.05) is 51.3 Å². The van der Waals surface area contributed by atoms with E-state index < -0.39 is 0 Å². The minimum Gasteiger partial charge on any atom is -0.474 e. The summed E-state index contributed by atoms with van der Waals surface area (Å²) in [6, 6.07) is 5.50. The summed E-state index contributed by atoms with van der Waals surface area (Å²) in [5, 5.41) is 0.904. The summed E-state index contributed by atoms with van der Waals surface area (Å²) in [7, 11) is 0. The van der Waals surface area contributed by atoms with Crippen molar-refractivity contribution in [2.45, 2.75) is 18.9 Å². The van der Waals surface area contributed by atoms with Crippen LogP contribution in [0.4, 0.5) is 10.6 Å². The van der Waals surface area contributed by atoms with Crippen LogP contribution in [0.25, 0.3) is 10.9 Å². The lowest BCUT2D eigenvalue weighted by Crippen LogP contribution is -2.44. The molecule has 0 unspecified atom stereocenters. The molecule has 26 heavy (non-hydrogen) atoms. The van der Waals surface area contributed by atoms with Crippen LogP contribution < -0.4 is 15.4 Å². The quantitative estimate of drug-likeness (QED) is 0.892. The first-order valence-electron chi connectivity index (χ1n) is 9.00. The Kier molecular flexibility index (Phi) is 4.75. The molecule has 2 saturated heterocycles. The second-order valence-corrected chi connectivity index (χ2v) is 6.60. The number of ether oxygens (including phenoxy) is 2. The molecule has 2 fully saturated rings.